The number of hydrogen-bond donors (Lipinski definition) is 1. The third-order valence-electron chi connectivity index (χ3n) is 5.40. The zero-order valence-electron chi connectivity index (χ0n) is 12.2. The lowest BCUT2D eigenvalue weighted by molar-refractivity contribution is 0.164. The highest BCUT2D eigenvalue weighted by atomic mass is 16.3. The Balaban J connectivity index is 1.72. The molecule has 0 radical (unpaired) electrons. The minimum absolute atomic E-state index is 0.230. The van der Waals surface area contributed by atoms with E-state index in [-0.39, 0.29) is 5.41 Å². The van der Waals surface area contributed by atoms with Crippen molar-refractivity contribution in [1.82, 2.24) is 5.43 Å². The van der Waals surface area contributed by atoms with Gasteiger partial charge in [0.2, 0.25) is 0 Å². The fraction of sp³-hybridized carbons (Fsp3) is 0.562. The molecule has 0 saturated heterocycles. The molecule has 1 N–H and O–H groups in total. The van der Waals surface area contributed by atoms with Gasteiger partial charge in [0.15, 0.2) is 0 Å². The third kappa shape index (κ3) is 1.75. The van der Waals surface area contributed by atoms with Crippen molar-refractivity contribution in [3.05, 3.63) is 35.4 Å². The number of allylic oxidation sites excluding steroid dienone is 2. The van der Waals surface area contributed by atoms with Crippen LogP contribution in [0.2, 0.25) is 0 Å². The van der Waals surface area contributed by atoms with Gasteiger partial charge in [0, 0.05) is 11.1 Å². The van der Waals surface area contributed by atoms with Gasteiger partial charge in [0.1, 0.15) is 11.5 Å². The van der Waals surface area contributed by atoms with Crippen molar-refractivity contribution in [2.75, 3.05) is 0 Å². The molecule has 1 aromatic rings. The molecule has 0 amide bonds. The number of hydrogen-bond acceptors (Lipinski definition) is 3. The highest BCUT2D eigenvalue weighted by Gasteiger charge is 2.57. The minimum atomic E-state index is 0.230. The van der Waals surface area contributed by atoms with Crippen LogP contribution in [0.4, 0.5) is 0 Å². The highest BCUT2D eigenvalue weighted by Crippen LogP contribution is 2.64. The maximum absolute atomic E-state index is 5.47. The van der Waals surface area contributed by atoms with E-state index in [0.717, 1.165) is 11.5 Å². The molecule has 2 bridgehead atoms. The average molecular weight is 258 g/mol. The predicted octanol–water partition coefficient (Wildman–Crippen LogP) is 3.85. The van der Waals surface area contributed by atoms with Gasteiger partial charge >= 0.3 is 0 Å². The standard InChI is InChI=1S/C16H22N2O/c1-11-5-6-13(19-11)10-17-18-14-9-12-7-8-16(14,4)15(12,2)3/h5-6,9-10,12,18H,7-8H2,1-4H3/b17-10-/t12-,16+/m0/s1. The van der Waals surface area contributed by atoms with Crippen LogP contribution < -0.4 is 5.43 Å². The van der Waals surface area contributed by atoms with E-state index < -0.39 is 0 Å². The summed E-state index contributed by atoms with van der Waals surface area (Å²) in [5.41, 5.74) is 5.08. The van der Waals surface area contributed by atoms with Crippen molar-refractivity contribution >= 4 is 6.21 Å². The van der Waals surface area contributed by atoms with Crippen molar-refractivity contribution < 1.29 is 4.42 Å². The summed E-state index contributed by atoms with van der Waals surface area (Å²) in [5, 5.41) is 4.33. The summed E-state index contributed by atoms with van der Waals surface area (Å²) >= 11 is 0. The number of nitrogens with zero attached hydrogens (tertiary/aromatic N) is 1. The summed E-state index contributed by atoms with van der Waals surface area (Å²) < 4.78 is 5.47. The van der Waals surface area contributed by atoms with E-state index in [1.54, 1.807) is 6.21 Å². The van der Waals surface area contributed by atoms with E-state index >= 15 is 0 Å². The van der Waals surface area contributed by atoms with Crippen molar-refractivity contribution in [1.29, 1.82) is 0 Å². The van der Waals surface area contributed by atoms with Gasteiger partial charge in [-0.25, -0.2) is 0 Å². The summed E-state index contributed by atoms with van der Waals surface area (Å²) in [5.74, 6) is 2.38. The van der Waals surface area contributed by atoms with Crippen LogP contribution in [0.25, 0.3) is 0 Å². The lowest BCUT2D eigenvalue weighted by Gasteiger charge is -2.36. The van der Waals surface area contributed by atoms with Gasteiger partial charge in [-0.3, -0.25) is 5.43 Å². The van der Waals surface area contributed by atoms with E-state index in [1.807, 2.05) is 19.1 Å². The Morgan fingerprint density at radius 3 is 2.68 bits per heavy atom. The van der Waals surface area contributed by atoms with Crippen LogP contribution >= 0.6 is 0 Å². The smallest absolute Gasteiger partial charge is 0.147 e. The lowest BCUT2D eigenvalue weighted by atomic mass is 9.69. The van der Waals surface area contributed by atoms with Crippen LogP contribution in [0, 0.1) is 23.7 Å². The second kappa shape index (κ2) is 3.99. The maximum Gasteiger partial charge on any atom is 0.147 e. The average Bonchev–Trinajstić information content (AvgIpc) is 2.90. The van der Waals surface area contributed by atoms with E-state index in [1.165, 1.54) is 18.5 Å². The van der Waals surface area contributed by atoms with Crippen LogP contribution in [0.1, 0.15) is 45.1 Å². The largest absolute Gasteiger partial charge is 0.460 e. The zero-order valence-corrected chi connectivity index (χ0v) is 12.2. The summed E-state index contributed by atoms with van der Waals surface area (Å²) in [4.78, 5) is 0. The molecule has 1 heterocycles. The van der Waals surface area contributed by atoms with E-state index in [2.05, 4.69) is 37.4 Å². The molecule has 0 unspecified atom stereocenters. The third-order valence-corrected chi connectivity index (χ3v) is 5.40. The molecular weight excluding hydrogens is 236 g/mol. The van der Waals surface area contributed by atoms with Gasteiger partial charge < -0.3 is 4.42 Å². The number of aryl methyl sites for hydroxylation is 1. The van der Waals surface area contributed by atoms with E-state index in [4.69, 9.17) is 4.42 Å². The Morgan fingerprint density at radius 2 is 2.16 bits per heavy atom. The van der Waals surface area contributed by atoms with Crippen molar-refractivity contribution in [2.24, 2.45) is 21.8 Å². The maximum atomic E-state index is 5.47. The molecule has 1 saturated carbocycles. The molecular formula is C16H22N2O. The molecule has 102 valence electrons. The lowest BCUT2D eigenvalue weighted by Crippen LogP contribution is -2.33. The monoisotopic (exact) mass is 258 g/mol. The van der Waals surface area contributed by atoms with Crippen molar-refractivity contribution in [3.8, 4) is 0 Å². The fourth-order valence-electron chi connectivity index (χ4n) is 3.54. The first-order valence-corrected chi connectivity index (χ1v) is 7.01. The Bertz CT molecular complexity index is 553. The van der Waals surface area contributed by atoms with Gasteiger partial charge in [0.25, 0.3) is 0 Å². The first-order chi connectivity index (χ1) is 8.93. The van der Waals surface area contributed by atoms with E-state index in [9.17, 15) is 0 Å². The molecule has 0 aliphatic heterocycles. The number of fused-ring (bicyclic) bond motifs is 2. The molecule has 1 aromatic heterocycles. The Labute approximate surface area is 114 Å². The molecule has 19 heavy (non-hydrogen) atoms. The van der Waals surface area contributed by atoms with E-state index in [0.29, 0.717) is 11.3 Å². The Kier molecular flexibility index (Phi) is 2.63. The summed E-state index contributed by atoms with van der Waals surface area (Å²) in [7, 11) is 0. The summed E-state index contributed by atoms with van der Waals surface area (Å²) in [6.45, 7) is 9.03. The van der Waals surface area contributed by atoms with Crippen LogP contribution in [0.5, 0.6) is 0 Å². The summed E-state index contributed by atoms with van der Waals surface area (Å²) in [6, 6.07) is 3.88. The quantitative estimate of drug-likeness (QED) is 0.660. The molecule has 3 rings (SSSR count). The number of rotatable bonds is 3. The van der Waals surface area contributed by atoms with Crippen LogP contribution in [0.3, 0.4) is 0 Å². The predicted molar refractivity (Wildman–Crippen MR) is 76.9 cm³/mol. The Hall–Kier alpha value is -1.51. The van der Waals surface area contributed by atoms with Gasteiger partial charge in [-0.1, -0.05) is 26.8 Å². The molecule has 0 aromatic carbocycles. The van der Waals surface area contributed by atoms with Gasteiger partial charge in [0.05, 0.1) is 6.21 Å². The number of nitrogens with one attached hydrogen (secondary N) is 1. The van der Waals surface area contributed by atoms with Crippen molar-refractivity contribution in [3.63, 3.8) is 0 Å². The minimum Gasteiger partial charge on any atom is -0.460 e. The van der Waals surface area contributed by atoms with Gasteiger partial charge in [-0.2, -0.15) is 5.10 Å². The fourth-order valence-corrected chi connectivity index (χ4v) is 3.54. The normalized spacial score (nSPS) is 32.0. The first kappa shape index (κ1) is 12.5. The highest BCUT2D eigenvalue weighted by molar-refractivity contribution is 5.75. The zero-order chi connectivity index (χ0) is 13.7. The Morgan fingerprint density at radius 1 is 1.37 bits per heavy atom. The van der Waals surface area contributed by atoms with Gasteiger partial charge in [-0.15, -0.1) is 0 Å². The SMILES string of the molecule is Cc1ccc(/C=N\NC2=C[C@@H]3CC[C@@]2(C)C3(C)C)o1. The van der Waals surface area contributed by atoms with Crippen LogP contribution in [0.15, 0.2) is 33.4 Å². The second-order valence-electron chi connectivity index (χ2n) is 6.60. The topological polar surface area (TPSA) is 37.5 Å². The van der Waals surface area contributed by atoms with Crippen LogP contribution in [-0.4, -0.2) is 6.21 Å². The molecule has 3 nitrogen and oxygen atoms in total. The molecule has 1 fully saturated rings. The number of furan rings is 1. The molecule has 2 aliphatic rings. The van der Waals surface area contributed by atoms with Crippen LogP contribution in [-0.2, 0) is 0 Å². The first-order valence-electron chi connectivity index (χ1n) is 7.01. The van der Waals surface area contributed by atoms with Gasteiger partial charge in [-0.05, 0) is 43.2 Å². The number of hydrazone groups is 1. The molecule has 2 atom stereocenters. The molecule has 3 heteroatoms. The van der Waals surface area contributed by atoms with Crippen molar-refractivity contribution in [2.45, 2.75) is 40.5 Å². The molecule has 0 spiro atoms. The summed E-state index contributed by atoms with van der Waals surface area (Å²) in [6.07, 6.45) is 6.67. The molecule has 2 aliphatic carbocycles. The second-order valence-corrected chi connectivity index (χ2v) is 6.60.